The number of thioether (sulfide) groups is 1. The lowest BCUT2D eigenvalue weighted by Crippen LogP contribution is -1.99. The molecule has 0 heterocycles. The highest BCUT2D eigenvalue weighted by Crippen LogP contribution is 2.29. The summed E-state index contributed by atoms with van der Waals surface area (Å²) in [6, 6.07) is 4.93. The predicted molar refractivity (Wildman–Crippen MR) is 62.6 cm³/mol. The van der Waals surface area contributed by atoms with E-state index < -0.39 is 0 Å². The number of ketones is 1. The molecule has 0 spiro atoms. The van der Waals surface area contributed by atoms with Gasteiger partial charge in [0.25, 0.3) is 0 Å². The van der Waals surface area contributed by atoms with Crippen molar-refractivity contribution < 1.29 is 9.90 Å². The number of rotatable bonds is 4. The summed E-state index contributed by atoms with van der Waals surface area (Å²) >= 11 is 4.64. The molecular weight excluding hydrogens is 264 g/mol. The van der Waals surface area contributed by atoms with E-state index in [0.717, 1.165) is 10.6 Å². The monoisotopic (exact) mass is 274 g/mol. The predicted octanol–water partition coefficient (Wildman–Crippen LogP) is 3.08. The highest BCUT2D eigenvalue weighted by Gasteiger charge is 2.07. The summed E-state index contributed by atoms with van der Waals surface area (Å²) < 4.78 is 0. The summed E-state index contributed by atoms with van der Waals surface area (Å²) in [6.07, 6.45) is 0. The van der Waals surface area contributed by atoms with E-state index in [2.05, 4.69) is 15.9 Å². The van der Waals surface area contributed by atoms with Crippen LogP contribution in [-0.2, 0) is 0 Å². The van der Waals surface area contributed by atoms with Crippen molar-refractivity contribution >= 4 is 33.5 Å². The van der Waals surface area contributed by atoms with Crippen molar-refractivity contribution in [3.05, 3.63) is 23.8 Å². The number of halogens is 1. The number of carbonyl (C=O) groups is 1. The zero-order valence-electron chi connectivity index (χ0n) is 7.79. The van der Waals surface area contributed by atoms with Gasteiger partial charge >= 0.3 is 0 Å². The standard InChI is InChI=1S/C10H11BrO2S/c1-2-14-10-5-7(9(13)6-11)3-4-8(10)12/h3-5,12H,2,6H2,1H3. The lowest BCUT2D eigenvalue weighted by atomic mass is 10.1. The van der Waals surface area contributed by atoms with E-state index >= 15 is 0 Å². The Morgan fingerprint density at radius 2 is 2.29 bits per heavy atom. The van der Waals surface area contributed by atoms with Crippen LogP contribution in [0.1, 0.15) is 17.3 Å². The Hall–Kier alpha value is -0.480. The first kappa shape index (κ1) is 11.6. The van der Waals surface area contributed by atoms with E-state index in [4.69, 9.17) is 0 Å². The van der Waals surface area contributed by atoms with Gasteiger partial charge in [0.05, 0.1) is 5.33 Å². The second-order valence-electron chi connectivity index (χ2n) is 2.67. The lowest BCUT2D eigenvalue weighted by molar-refractivity contribution is 0.102. The van der Waals surface area contributed by atoms with Gasteiger partial charge in [-0.2, -0.15) is 0 Å². The van der Waals surface area contributed by atoms with E-state index in [1.54, 1.807) is 18.2 Å². The Labute approximate surface area is 95.8 Å². The number of Topliss-reactive ketones (excluding diaryl/α,β-unsaturated/α-hetero) is 1. The van der Waals surface area contributed by atoms with E-state index in [1.165, 1.54) is 11.8 Å². The van der Waals surface area contributed by atoms with Crippen LogP contribution in [0.5, 0.6) is 5.75 Å². The van der Waals surface area contributed by atoms with Crippen LogP contribution < -0.4 is 0 Å². The number of phenols is 1. The van der Waals surface area contributed by atoms with Gasteiger partial charge in [-0.25, -0.2) is 0 Å². The number of hydrogen-bond donors (Lipinski definition) is 1. The SMILES string of the molecule is CCSc1cc(C(=O)CBr)ccc1O. The fraction of sp³-hybridized carbons (Fsp3) is 0.300. The molecule has 0 bridgehead atoms. The Bertz CT molecular complexity index is 339. The van der Waals surface area contributed by atoms with Gasteiger partial charge in [0.15, 0.2) is 5.78 Å². The van der Waals surface area contributed by atoms with Gasteiger partial charge in [0.1, 0.15) is 5.75 Å². The first-order chi connectivity index (χ1) is 6.69. The van der Waals surface area contributed by atoms with Crippen LogP contribution in [0, 0.1) is 0 Å². The minimum atomic E-state index is 0.0305. The summed E-state index contributed by atoms with van der Waals surface area (Å²) in [5.74, 6) is 1.14. The molecule has 0 amide bonds. The maximum Gasteiger partial charge on any atom is 0.173 e. The van der Waals surface area contributed by atoms with Crippen molar-refractivity contribution in [3.8, 4) is 5.75 Å². The molecule has 1 aromatic rings. The molecule has 0 aromatic heterocycles. The summed E-state index contributed by atoms with van der Waals surface area (Å²) in [5, 5.41) is 9.79. The zero-order valence-corrected chi connectivity index (χ0v) is 10.2. The maximum atomic E-state index is 11.3. The smallest absolute Gasteiger partial charge is 0.173 e. The van der Waals surface area contributed by atoms with Crippen molar-refractivity contribution in [2.24, 2.45) is 0 Å². The van der Waals surface area contributed by atoms with E-state index in [0.29, 0.717) is 10.9 Å². The second-order valence-corrected chi connectivity index (χ2v) is 4.54. The molecule has 1 rings (SSSR count). The molecule has 0 unspecified atom stereocenters. The van der Waals surface area contributed by atoms with E-state index in [-0.39, 0.29) is 11.5 Å². The van der Waals surface area contributed by atoms with Crippen molar-refractivity contribution in [3.63, 3.8) is 0 Å². The zero-order chi connectivity index (χ0) is 10.6. The molecule has 1 N–H and O–H groups in total. The molecule has 0 aliphatic carbocycles. The molecule has 4 heteroatoms. The summed E-state index contributed by atoms with van der Waals surface area (Å²) in [4.78, 5) is 12.1. The van der Waals surface area contributed by atoms with E-state index in [9.17, 15) is 9.90 Å². The maximum absolute atomic E-state index is 11.3. The van der Waals surface area contributed by atoms with E-state index in [1.807, 2.05) is 6.92 Å². The van der Waals surface area contributed by atoms with Crippen LogP contribution in [0.4, 0.5) is 0 Å². The third kappa shape index (κ3) is 2.75. The number of alkyl halides is 1. The molecule has 0 atom stereocenters. The van der Waals surface area contributed by atoms with Gasteiger partial charge in [-0.15, -0.1) is 11.8 Å². The van der Waals surface area contributed by atoms with Gasteiger partial charge in [-0.3, -0.25) is 4.79 Å². The van der Waals surface area contributed by atoms with Gasteiger partial charge in [0, 0.05) is 10.5 Å². The average Bonchev–Trinajstić information content (AvgIpc) is 2.20. The molecule has 2 nitrogen and oxygen atoms in total. The van der Waals surface area contributed by atoms with Crippen LogP contribution in [0.15, 0.2) is 23.1 Å². The average molecular weight is 275 g/mol. The second kappa shape index (κ2) is 5.41. The number of carbonyl (C=O) groups excluding carboxylic acids is 1. The lowest BCUT2D eigenvalue weighted by Gasteiger charge is -2.04. The largest absolute Gasteiger partial charge is 0.507 e. The van der Waals surface area contributed by atoms with Crippen LogP contribution in [0.3, 0.4) is 0 Å². The highest BCUT2D eigenvalue weighted by atomic mass is 79.9. The van der Waals surface area contributed by atoms with Gasteiger partial charge in [-0.05, 0) is 24.0 Å². The molecule has 0 fully saturated rings. The number of aromatic hydroxyl groups is 1. The van der Waals surface area contributed by atoms with Gasteiger partial charge in [0.2, 0.25) is 0 Å². The third-order valence-electron chi connectivity index (χ3n) is 1.70. The Morgan fingerprint density at radius 1 is 1.57 bits per heavy atom. The first-order valence-electron chi connectivity index (χ1n) is 4.24. The molecule has 1 aromatic carbocycles. The van der Waals surface area contributed by atoms with Gasteiger partial charge in [-0.1, -0.05) is 22.9 Å². The minimum absolute atomic E-state index is 0.0305. The number of phenolic OH excluding ortho intramolecular Hbond substituents is 1. The molecule has 0 saturated carbocycles. The van der Waals surface area contributed by atoms with Gasteiger partial charge < -0.3 is 5.11 Å². The van der Waals surface area contributed by atoms with Crippen molar-refractivity contribution in [1.29, 1.82) is 0 Å². The molecular formula is C10H11BrO2S. The first-order valence-corrected chi connectivity index (χ1v) is 6.34. The van der Waals surface area contributed by atoms with Crippen molar-refractivity contribution in [2.75, 3.05) is 11.1 Å². The molecule has 76 valence electrons. The minimum Gasteiger partial charge on any atom is -0.507 e. The topological polar surface area (TPSA) is 37.3 Å². The van der Waals surface area contributed by atoms with Crippen LogP contribution >= 0.6 is 27.7 Å². The Morgan fingerprint density at radius 3 is 2.86 bits per heavy atom. The van der Waals surface area contributed by atoms with Crippen LogP contribution in [0.25, 0.3) is 0 Å². The third-order valence-corrected chi connectivity index (χ3v) is 3.14. The molecule has 0 radical (unpaired) electrons. The van der Waals surface area contributed by atoms with Crippen molar-refractivity contribution in [1.82, 2.24) is 0 Å². The quantitative estimate of drug-likeness (QED) is 0.521. The van der Waals surface area contributed by atoms with Crippen molar-refractivity contribution in [2.45, 2.75) is 11.8 Å². The van der Waals surface area contributed by atoms with Crippen LogP contribution in [0.2, 0.25) is 0 Å². The van der Waals surface area contributed by atoms with Crippen LogP contribution in [-0.4, -0.2) is 22.0 Å². The fourth-order valence-electron chi connectivity index (χ4n) is 1.04. The fourth-order valence-corrected chi connectivity index (χ4v) is 2.10. The number of hydrogen-bond acceptors (Lipinski definition) is 3. The molecule has 0 saturated heterocycles. The molecule has 0 aliphatic heterocycles. The Kier molecular flexibility index (Phi) is 4.48. The summed E-state index contributed by atoms with van der Waals surface area (Å²) in [5.41, 5.74) is 0.635. The highest BCUT2D eigenvalue weighted by molar-refractivity contribution is 9.09. The summed E-state index contributed by atoms with van der Waals surface area (Å²) in [6.45, 7) is 2.00. The Balaban J connectivity index is 2.99. The number of benzene rings is 1. The normalized spacial score (nSPS) is 10.1. The molecule has 14 heavy (non-hydrogen) atoms. The molecule has 0 aliphatic rings. The summed E-state index contributed by atoms with van der Waals surface area (Å²) in [7, 11) is 0.